The van der Waals surface area contributed by atoms with Crippen LogP contribution in [0.15, 0.2) is 59.7 Å². The van der Waals surface area contributed by atoms with Gasteiger partial charge in [-0.3, -0.25) is 14.6 Å². The van der Waals surface area contributed by atoms with Crippen LogP contribution in [0.5, 0.6) is 0 Å². The Labute approximate surface area is 158 Å². The van der Waals surface area contributed by atoms with Crippen LogP contribution in [-0.2, 0) is 11.3 Å². The largest absolute Gasteiger partial charge is 0.300 e. The number of thiazole rings is 1. The van der Waals surface area contributed by atoms with Crippen LogP contribution in [0.2, 0.25) is 0 Å². The molecule has 134 valence electrons. The zero-order valence-corrected chi connectivity index (χ0v) is 15.2. The molecule has 0 saturated carbocycles. The third-order valence-corrected chi connectivity index (χ3v) is 4.84. The summed E-state index contributed by atoms with van der Waals surface area (Å²) in [5.41, 5.74) is 2.96. The predicted octanol–water partition coefficient (Wildman–Crippen LogP) is 2.86. The zero-order valence-electron chi connectivity index (χ0n) is 14.4. The molecular formula is C19H15N5O2S. The number of carbonyl (C=O) groups is 1. The third-order valence-electron chi connectivity index (χ3n) is 3.91. The molecule has 4 rings (SSSR count). The SMILES string of the molecule is Cc1ccc2nc(NC(=O)Cn3nc(-c4cccnc4)ccc3=O)sc2c1. The molecule has 1 aromatic carbocycles. The lowest BCUT2D eigenvalue weighted by Gasteiger charge is -2.06. The number of carbonyl (C=O) groups excluding carboxylic acids is 1. The van der Waals surface area contributed by atoms with E-state index in [9.17, 15) is 9.59 Å². The highest BCUT2D eigenvalue weighted by Crippen LogP contribution is 2.26. The van der Waals surface area contributed by atoms with Crippen molar-refractivity contribution in [1.82, 2.24) is 19.7 Å². The molecule has 3 heterocycles. The number of amides is 1. The van der Waals surface area contributed by atoms with Crippen molar-refractivity contribution < 1.29 is 4.79 Å². The van der Waals surface area contributed by atoms with Crippen LogP contribution in [-0.4, -0.2) is 25.7 Å². The Morgan fingerprint density at radius 1 is 1.22 bits per heavy atom. The van der Waals surface area contributed by atoms with Crippen molar-refractivity contribution in [3.05, 3.63) is 70.8 Å². The van der Waals surface area contributed by atoms with Crippen LogP contribution in [0.25, 0.3) is 21.5 Å². The van der Waals surface area contributed by atoms with Crippen molar-refractivity contribution >= 4 is 32.6 Å². The molecule has 27 heavy (non-hydrogen) atoms. The Balaban J connectivity index is 1.54. The average molecular weight is 377 g/mol. The Morgan fingerprint density at radius 2 is 2.11 bits per heavy atom. The maximum atomic E-state index is 12.4. The normalized spacial score (nSPS) is 10.9. The van der Waals surface area contributed by atoms with Gasteiger partial charge in [0.15, 0.2) is 5.13 Å². The Bertz CT molecular complexity index is 1180. The van der Waals surface area contributed by atoms with Crippen molar-refractivity contribution in [2.45, 2.75) is 13.5 Å². The van der Waals surface area contributed by atoms with Gasteiger partial charge < -0.3 is 5.32 Å². The molecule has 4 aromatic rings. The molecule has 8 heteroatoms. The van der Waals surface area contributed by atoms with Crippen LogP contribution in [0.1, 0.15) is 5.56 Å². The highest BCUT2D eigenvalue weighted by atomic mass is 32.1. The van der Waals surface area contributed by atoms with E-state index in [1.165, 1.54) is 17.4 Å². The molecule has 7 nitrogen and oxygen atoms in total. The summed E-state index contributed by atoms with van der Waals surface area (Å²) in [7, 11) is 0. The van der Waals surface area contributed by atoms with E-state index in [2.05, 4.69) is 20.4 Å². The minimum absolute atomic E-state index is 0.193. The fourth-order valence-corrected chi connectivity index (χ4v) is 3.59. The molecule has 0 aliphatic heterocycles. The Hall–Kier alpha value is -3.39. The first-order valence-electron chi connectivity index (χ1n) is 8.24. The third kappa shape index (κ3) is 3.75. The molecule has 0 atom stereocenters. The van der Waals surface area contributed by atoms with Crippen molar-refractivity contribution in [1.29, 1.82) is 0 Å². The number of aryl methyl sites for hydroxylation is 1. The lowest BCUT2D eigenvalue weighted by Crippen LogP contribution is -2.29. The van der Waals surface area contributed by atoms with Crippen LogP contribution in [0, 0.1) is 6.92 Å². The first kappa shape index (κ1) is 17.0. The monoisotopic (exact) mass is 377 g/mol. The molecular weight excluding hydrogens is 362 g/mol. The minimum atomic E-state index is -0.358. The lowest BCUT2D eigenvalue weighted by atomic mass is 10.2. The quantitative estimate of drug-likeness (QED) is 0.591. The van der Waals surface area contributed by atoms with E-state index in [1.54, 1.807) is 24.5 Å². The number of rotatable bonds is 4. The number of pyridine rings is 1. The van der Waals surface area contributed by atoms with Gasteiger partial charge in [0.2, 0.25) is 5.91 Å². The Kier molecular flexibility index (Phi) is 4.47. The summed E-state index contributed by atoms with van der Waals surface area (Å²) in [6.07, 6.45) is 3.31. The molecule has 1 amide bonds. The van der Waals surface area contributed by atoms with Gasteiger partial charge in [0.05, 0.1) is 15.9 Å². The maximum absolute atomic E-state index is 12.4. The molecule has 0 saturated heterocycles. The molecule has 0 aliphatic rings. The Morgan fingerprint density at radius 3 is 2.93 bits per heavy atom. The van der Waals surface area contributed by atoms with Crippen LogP contribution < -0.4 is 10.9 Å². The average Bonchev–Trinajstić information content (AvgIpc) is 3.05. The van der Waals surface area contributed by atoms with E-state index < -0.39 is 0 Å². The zero-order chi connectivity index (χ0) is 18.8. The number of hydrogen-bond acceptors (Lipinski definition) is 6. The summed E-state index contributed by atoms with van der Waals surface area (Å²) in [5, 5.41) is 7.50. The fraction of sp³-hybridized carbons (Fsp3) is 0.105. The summed E-state index contributed by atoms with van der Waals surface area (Å²) >= 11 is 1.40. The molecule has 0 bridgehead atoms. The topological polar surface area (TPSA) is 89.8 Å². The van der Waals surface area contributed by atoms with Crippen molar-refractivity contribution in [3.63, 3.8) is 0 Å². The minimum Gasteiger partial charge on any atom is -0.300 e. The molecule has 0 fully saturated rings. The van der Waals surface area contributed by atoms with Gasteiger partial charge >= 0.3 is 0 Å². The number of nitrogens with zero attached hydrogens (tertiary/aromatic N) is 4. The van der Waals surface area contributed by atoms with Gasteiger partial charge in [0, 0.05) is 24.0 Å². The molecule has 3 aromatic heterocycles. The van der Waals surface area contributed by atoms with E-state index in [4.69, 9.17) is 0 Å². The summed E-state index contributed by atoms with van der Waals surface area (Å²) < 4.78 is 2.13. The smallest absolute Gasteiger partial charge is 0.267 e. The fourth-order valence-electron chi connectivity index (χ4n) is 2.61. The summed E-state index contributed by atoms with van der Waals surface area (Å²) in [6.45, 7) is 1.81. The predicted molar refractivity (Wildman–Crippen MR) is 105 cm³/mol. The van der Waals surface area contributed by atoms with Gasteiger partial charge in [-0.05, 0) is 42.8 Å². The van der Waals surface area contributed by atoms with E-state index >= 15 is 0 Å². The highest BCUT2D eigenvalue weighted by Gasteiger charge is 2.11. The number of nitrogens with one attached hydrogen (secondary N) is 1. The van der Waals surface area contributed by atoms with E-state index in [-0.39, 0.29) is 18.0 Å². The number of anilines is 1. The van der Waals surface area contributed by atoms with Crippen molar-refractivity contribution in [2.75, 3.05) is 5.32 Å². The number of fused-ring (bicyclic) bond motifs is 1. The van der Waals surface area contributed by atoms with Crippen LogP contribution in [0.3, 0.4) is 0 Å². The molecule has 0 spiro atoms. The second-order valence-electron chi connectivity index (χ2n) is 5.99. The van der Waals surface area contributed by atoms with Crippen molar-refractivity contribution in [3.8, 4) is 11.3 Å². The van der Waals surface area contributed by atoms with E-state index in [1.807, 2.05) is 31.2 Å². The van der Waals surface area contributed by atoms with Gasteiger partial charge in [-0.2, -0.15) is 5.10 Å². The second kappa shape index (κ2) is 7.08. The summed E-state index contributed by atoms with van der Waals surface area (Å²) in [5.74, 6) is -0.358. The number of aromatic nitrogens is 4. The number of hydrogen-bond donors (Lipinski definition) is 1. The summed E-state index contributed by atoms with van der Waals surface area (Å²) in [4.78, 5) is 32.9. The van der Waals surface area contributed by atoms with Gasteiger partial charge in [-0.15, -0.1) is 0 Å². The second-order valence-corrected chi connectivity index (χ2v) is 7.03. The standard InChI is InChI=1S/C19H15N5O2S/c1-12-4-5-15-16(9-12)27-19(21-15)22-17(25)11-24-18(26)7-6-14(23-24)13-3-2-8-20-10-13/h2-10H,11H2,1H3,(H,21,22,25). The van der Waals surface area contributed by atoms with E-state index in [0.29, 0.717) is 10.8 Å². The maximum Gasteiger partial charge on any atom is 0.267 e. The van der Waals surface area contributed by atoms with E-state index in [0.717, 1.165) is 26.0 Å². The van der Waals surface area contributed by atoms with Crippen molar-refractivity contribution in [2.24, 2.45) is 0 Å². The summed E-state index contributed by atoms with van der Waals surface area (Å²) in [6, 6.07) is 12.5. The molecule has 0 radical (unpaired) electrons. The van der Waals surface area contributed by atoms with Gasteiger partial charge in [0.1, 0.15) is 6.54 Å². The van der Waals surface area contributed by atoms with Crippen LogP contribution in [0.4, 0.5) is 5.13 Å². The lowest BCUT2D eigenvalue weighted by molar-refractivity contribution is -0.117. The molecule has 1 N–H and O–H groups in total. The van der Waals surface area contributed by atoms with Gasteiger partial charge in [0.25, 0.3) is 5.56 Å². The van der Waals surface area contributed by atoms with Gasteiger partial charge in [-0.25, -0.2) is 9.67 Å². The molecule has 0 aliphatic carbocycles. The number of benzene rings is 1. The van der Waals surface area contributed by atoms with Gasteiger partial charge in [-0.1, -0.05) is 17.4 Å². The first-order chi connectivity index (χ1) is 13.1. The highest BCUT2D eigenvalue weighted by molar-refractivity contribution is 7.22. The molecule has 0 unspecified atom stereocenters. The first-order valence-corrected chi connectivity index (χ1v) is 9.06. The van der Waals surface area contributed by atoms with Crippen LogP contribution >= 0.6 is 11.3 Å².